The van der Waals surface area contributed by atoms with Gasteiger partial charge in [-0.1, -0.05) is 30.3 Å². The summed E-state index contributed by atoms with van der Waals surface area (Å²) in [5.74, 6) is 1.28. The zero-order valence-corrected chi connectivity index (χ0v) is 13.9. The Bertz CT molecular complexity index is 463. The van der Waals surface area contributed by atoms with Crippen LogP contribution in [-0.2, 0) is 4.79 Å². The van der Waals surface area contributed by atoms with Crippen LogP contribution in [0.3, 0.4) is 0 Å². The van der Waals surface area contributed by atoms with Gasteiger partial charge in [-0.25, -0.2) is 0 Å². The second-order valence-electron chi connectivity index (χ2n) is 6.62. The number of amides is 1. The third-order valence-corrected chi connectivity index (χ3v) is 5.20. The molecule has 2 aliphatic rings. The summed E-state index contributed by atoms with van der Waals surface area (Å²) < 4.78 is 0. The molecular formula is C18H27ClN2O. The third kappa shape index (κ3) is 4.02. The number of halogens is 1. The highest BCUT2D eigenvalue weighted by Crippen LogP contribution is 2.36. The van der Waals surface area contributed by atoms with Crippen LogP contribution in [0, 0.1) is 5.92 Å². The summed E-state index contributed by atoms with van der Waals surface area (Å²) in [5, 5.41) is 0. The fourth-order valence-electron chi connectivity index (χ4n) is 3.78. The highest BCUT2D eigenvalue weighted by atomic mass is 35.5. The summed E-state index contributed by atoms with van der Waals surface area (Å²) in [6, 6.07) is 11.0. The number of nitrogens with two attached hydrogens (primary N) is 1. The number of nitrogens with zero attached hydrogens (tertiary/aromatic N) is 1. The molecule has 22 heavy (non-hydrogen) atoms. The number of hydrogen-bond acceptors (Lipinski definition) is 2. The molecule has 0 unspecified atom stereocenters. The van der Waals surface area contributed by atoms with Gasteiger partial charge in [0.05, 0.1) is 0 Å². The van der Waals surface area contributed by atoms with Crippen LogP contribution in [-0.4, -0.2) is 29.9 Å². The predicted molar refractivity (Wildman–Crippen MR) is 92.2 cm³/mol. The lowest BCUT2D eigenvalue weighted by molar-refractivity contribution is -0.137. The van der Waals surface area contributed by atoms with Crippen LogP contribution in [0.1, 0.15) is 50.0 Å². The average molecular weight is 323 g/mol. The number of likely N-dealkylation sites (tertiary alicyclic amines) is 1. The molecule has 1 aromatic carbocycles. The first-order valence-electron chi connectivity index (χ1n) is 8.33. The van der Waals surface area contributed by atoms with Crippen LogP contribution in [0.4, 0.5) is 0 Å². The molecule has 2 N–H and O–H groups in total. The van der Waals surface area contributed by atoms with Crippen LogP contribution < -0.4 is 5.73 Å². The largest absolute Gasteiger partial charge is 0.342 e. The smallest absolute Gasteiger partial charge is 0.225 e. The number of rotatable bonds is 2. The molecule has 0 aromatic heterocycles. The first-order valence-corrected chi connectivity index (χ1v) is 8.33. The van der Waals surface area contributed by atoms with Gasteiger partial charge in [-0.3, -0.25) is 4.79 Å². The lowest BCUT2D eigenvalue weighted by Gasteiger charge is -2.35. The van der Waals surface area contributed by atoms with Gasteiger partial charge in [0.15, 0.2) is 0 Å². The molecule has 3 nitrogen and oxygen atoms in total. The Labute approximate surface area is 139 Å². The molecule has 0 spiro atoms. The third-order valence-electron chi connectivity index (χ3n) is 5.20. The van der Waals surface area contributed by atoms with Gasteiger partial charge in [0.2, 0.25) is 5.91 Å². The van der Waals surface area contributed by atoms with E-state index >= 15 is 0 Å². The first-order chi connectivity index (χ1) is 10.2. The van der Waals surface area contributed by atoms with Gasteiger partial charge in [0.1, 0.15) is 0 Å². The Morgan fingerprint density at radius 3 is 2.14 bits per heavy atom. The zero-order valence-electron chi connectivity index (χ0n) is 13.1. The van der Waals surface area contributed by atoms with Crippen molar-refractivity contribution in [2.45, 2.75) is 50.5 Å². The van der Waals surface area contributed by atoms with E-state index in [-0.39, 0.29) is 18.3 Å². The molecule has 0 radical (unpaired) electrons. The molecule has 0 atom stereocenters. The monoisotopic (exact) mass is 322 g/mol. The van der Waals surface area contributed by atoms with E-state index < -0.39 is 0 Å². The number of carbonyl (C=O) groups is 1. The average Bonchev–Trinajstić information content (AvgIpc) is 2.56. The predicted octanol–water partition coefficient (Wildman–Crippen LogP) is 3.33. The van der Waals surface area contributed by atoms with Gasteiger partial charge in [-0.2, -0.15) is 0 Å². The molecule has 4 heteroatoms. The van der Waals surface area contributed by atoms with Crippen LogP contribution >= 0.6 is 12.4 Å². The number of hydrogen-bond donors (Lipinski definition) is 1. The standard InChI is InChI=1S/C18H26N2O.ClH/c19-17-10-12-20(13-11-17)18(21)16-8-6-15(7-9-16)14-4-2-1-3-5-14;/h1-5,15-17H,6-13,19H2;1H. The second kappa shape index (κ2) is 7.98. The van der Waals surface area contributed by atoms with Crippen molar-refractivity contribution < 1.29 is 4.79 Å². The van der Waals surface area contributed by atoms with Crippen LogP contribution in [0.2, 0.25) is 0 Å². The highest BCUT2D eigenvalue weighted by Gasteiger charge is 2.31. The fourth-order valence-corrected chi connectivity index (χ4v) is 3.78. The van der Waals surface area contributed by atoms with Gasteiger partial charge < -0.3 is 10.6 Å². The van der Waals surface area contributed by atoms with Crippen molar-refractivity contribution in [2.75, 3.05) is 13.1 Å². The fraction of sp³-hybridized carbons (Fsp3) is 0.611. The lowest BCUT2D eigenvalue weighted by atomic mass is 9.78. The van der Waals surface area contributed by atoms with Crippen molar-refractivity contribution in [3.05, 3.63) is 35.9 Å². The quantitative estimate of drug-likeness (QED) is 0.907. The maximum atomic E-state index is 12.6. The molecule has 122 valence electrons. The Balaban J connectivity index is 0.00000176. The highest BCUT2D eigenvalue weighted by molar-refractivity contribution is 5.85. The van der Waals surface area contributed by atoms with Crippen molar-refractivity contribution in [1.29, 1.82) is 0 Å². The molecule has 1 aromatic rings. The maximum absolute atomic E-state index is 12.6. The number of benzene rings is 1. The minimum Gasteiger partial charge on any atom is -0.342 e. The molecule has 0 bridgehead atoms. The van der Waals surface area contributed by atoms with Crippen LogP contribution in [0.25, 0.3) is 0 Å². The molecule has 1 aliphatic heterocycles. The lowest BCUT2D eigenvalue weighted by Crippen LogP contribution is -2.45. The maximum Gasteiger partial charge on any atom is 0.225 e. The van der Waals surface area contributed by atoms with Gasteiger partial charge in [-0.05, 0) is 50.0 Å². The zero-order chi connectivity index (χ0) is 14.7. The van der Waals surface area contributed by atoms with Crippen molar-refractivity contribution in [1.82, 2.24) is 4.90 Å². The summed E-state index contributed by atoms with van der Waals surface area (Å²) in [6.07, 6.45) is 6.31. The number of piperidine rings is 1. The summed E-state index contributed by atoms with van der Waals surface area (Å²) in [6.45, 7) is 1.72. The summed E-state index contributed by atoms with van der Waals surface area (Å²) in [4.78, 5) is 14.6. The van der Waals surface area contributed by atoms with Crippen molar-refractivity contribution in [3.8, 4) is 0 Å². The molecule has 2 fully saturated rings. The molecule has 1 saturated carbocycles. The van der Waals surface area contributed by atoms with E-state index in [1.807, 2.05) is 0 Å². The van der Waals surface area contributed by atoms with Crippen molar-refractivity contribution >= 4 is 18.3 Å². The van der Waals surface area contributed by atoms with E-state index in [1.165, 1.54) is 5.56 Å². The van der Waals surface area contributed by atoms with Crippen LogP contribution in [0.5, 0.6) is 0 Å². The Kier molecular flexibility index (Phi) is 6.27. The Morgan fingerprint density at radius 1 is 0.955 bits per heavy atom. The van der Waals surface area contributed by atoms with Gasteiger partial charge in [0.25, 0.3) is 0 Å². The first kappa shape index (κ1) is 17.3. The molecule has 3 rings (SSSR count). The summed E-state index contributed by atoms with van der Waals surface area (Å²) in [5.41, 5.74) is 7.36. The molecule has 1 aliphatic carbocycles. The minimum absolute atomic E-state index is 0. The Morgan fingerprint density at radius 2 is 1.55 bits per heavy atom. The topological polar surface area (TPSA) is 46.3 Å². The van der Waals surface area contributed by atoms with Crippen molar-refractivity contribution in [2.24, 2.45) is 11.7 Å². The Hall–Kier alpha value is -1.06. The van der Waals surface area contributed by atoms with E-state index in [4.69, 9.17) is 5.73 Å². The summed E-state index contributed by atoms with van der Waals surface area (Å²) in [7, 11) is 0. The van der Waals surface area contributed by atoms with Crippen LogP contribution in [0.15, 0.2) is 30.3 Å². The molecule has 1 heterocycles. The summed E-state index contributed by atoms with van der Waals surface area (Å²) >= 11 is 0. The van der Waals surface area contributed by atoms with Crippen molar-refractivity contribution in [3.63, 3.8) is 0 Å². The number of carbonyl (C=O) groups excluding carboxylic acids is 1. The second-order valence-corrected chi connectivity index (χ2v) is 6.62. The van der Waals surface area contributed by atoms with E-state index in [1.54, 1.807) is 0 Å². The van der Waals surface area contributed by atoms with E-state index in [0.29, 0.717) is 17.9 Å². The SMILES string of the molecule is Cl.NC1CCN(C(=O)C2CCC(c3ccccc3)CC2)CC1. The normalized spacial score (nSPS) is 26.3. The van der Waals surface area contributed by atoms with Gasteiger partial charge in [-0.15, -0.1) is 12.4 Å². The molecule has 1 amide bonds. The van der Waals surface area contributed by atoms with E-state index in [9.17, 15) is 4.79 Å². The van der Waals surface area contributed by atoms with Gasteiger partial charge >= 0.3 is 0 Å². The molecular weight excluding hydrogens is 296 g/mol. The van der Waals surface area contributed by atoms with E-state index in [0.717, 1.165) is 51.6 Å². The minimum atomic E-state index is 0. The van der Waals surface area contributed by atoms with E-state index in [2.05, 4.69) is 35.2 Å². The van der Waals surface area contributed by atoms with Gasteiger partial charge in [0, 0.05) is 25.0 Å². The molecule has 1 saturated heterocycles.